The number of carbonyl (C=O) groups excluding carboxylic acids is 3. The zero-order valence-corrected chi connectivity index (χ0v) is 15.2. The smallest absolute Gasteiger partial charge is 0.328 e. The van der Waals surface area contributed by atoms with Crippen LogP contribution in [0, 0.1) is 11.6 Å². The molecule has 0 aliphatic rings. The number of methoxy groups -OCH3 is 1. The van der Waals surface area contributed by atoms with Crippen molar-refractivity contribution in [2.24, 2.45) is 0 Å². The molecule has 0 aromatic heterocycles. The van der Waals surface area contributed by atoms with Gasteiger partial charge >= 0.3 is 11.9 Å². The van der Waals surface area contributed by atoms with E-state index in [1.54, 1.807) is 20.8 Å². The van der Waals surface area contributed by atoms with Gasteiger partial charge in [0.2, 0.25) is 5.91 Å². The highest BCUT2D eigenvalue weighted by atomic mass is 19.1. The van der Waals surface area contributed by atoms with Gasteiger partial charge in [0.15, 0.2) is 0 Å². The van der Waals surface area contributed by atoms with E-state index in [-0.39, 0.29) is 24.8 Å². The predicted molar refractivity (Wildman–Crippen MR) is 89.1 cm³/mol. The van der Waals surface area contributed by atoms with E-state index in [1.165, 1.54) is 0 Å². The molecule has 0 saturated heterocycles. The van der Waals surface area contributed by atoms with Gasteiger partial charge in [0, 0.05) is 12.5 Å². The van der Waals surface area contributed by atoms with Crippen LogP contribution in [0.25, 0.3) is 0 Å². The van der Waals surface area contributed by atoms with E-state index in [0.29, 0.717) is 6.07 Å². The molecule has 0 radical (unpaired) electrons. The largest absolute Gasteiger partial charge is 0.467 e. The van der Waals surface area contributed by atoms with E-state index in [0.717, 1.165) is 19.2 Å². The lowest BCUT2D eigenvalue weighted by atomic mass is 10.1. The number of rotatable bonds is 7. The minimum Gasteiger partial charge on any atom is -0.467 e. The van der Waals surface area contributed by atoms with Gasteiger partial charge in [-0.1, -0.05) is 6.07 Å². The average Bonchev–Trinajstić information content (AvgIpc) is 2.51. The van der Waals surface area contributed by atoms with Gasteiger partial charge in [-0.2, -0.15) is 0 Å². The number of benzene rings is 1. The standard InChI is InChI=1S/C18H23F2NO5/c1-18(2,3)26-16(23)8-7-14(17(24)25-4)21-15(22)9-11-5-6-12(19)10-13(11)20/h5-6,10,14H,7-9H2,1-4H3,(H,21,22)/t14-/m1/s1. The van der Waals surface area contributed by atoms with Gasteiger partial charge in [-0.15, -0.1) is 0 Å². The lowest BCUT2D eigenvalue weighted by molar-refractivity contribution is -0.155. The maximum atomic E-state index is 13.6. The normalized spacial score (nSPS) is 12.2. The molecule has 0 unspecified atom stereocenters. The van der Waals surface area contributed by atoms with Crippen LogP contribution in [0.1, 0.15) is 39.2 Å². The third-order valence-corrected chi connectivity index (χ3v) is 3.24. The molecule has 0 spiro atoms. The molecule has 6 nitrogen and oxygen atoms in total. The van der Waals surface area contributed by atoms with Gasteiger partial charge in [-0.3, -0.25) is 9.59 Å². The minimum atomic E-state index is -1.08. The maximum absolute atomic E-state index is 13.6. The molecule has 0 bridgehead atoms. The van der Waals surface area contributed by atoms with Crippen LogP contribution in [-0.4, -0.2) is 36.6 Å². The van der Waals surface area contributed by atoms with E-state index in [4.69, 9.17) is 4.74 Å². The third-order valence-electron chi connectivity index (χ3n) is 3.24. The number of amides is 1. The lowest BCUT2D eigenvalue weighted by Crippen LogP contribution is -2.42. The first-order valence-corrected chi connectivity index (χ1v) is 8.05. The van der Waals surface area contributed by atoms with E-state index in [1.807, 2.05) is 0 Å². The van der Waals surface area contributed by atoms with Gasteiger partial charge in [-0.25, -0.2) is 13.6 Å². The van der Waals surface area contributed by atoms with Gasteiger partial charge in [0.05, 0.1) is 13.5 Å². The summed E-state index contributed by atoms with van der Waals surface area (Å²) in [5.74, 6) is -3.53. The number of nitrogens with one attached hydrogen (secondary N) is 1. The first-order valence-electron chi connectivity index (χ1n) is 8.05. The Bertz CT molecular complexity index is 670. The summed E-state index contributed by atoms with van der Waals surface area (Å²) in [6.07, 6.45) is -0.520. The molecule has 144 valence electrons. The van der Waals surface area contributed by atoms with E-state index in [9.17, 15) is 23.2 Å². The fourth-order valence-electron chi connectivity index (χ4n) is 2.13. The minimum absolute atomic E-state index is 0.0142. The second kappa shape index (κ2) is 9.26. The fourth-order valence-corrected chi connectivity index (χ4v) is 2.13. The van der Waals surface area contributed by atoms with Gasteiger partial charge < -0.3 is 14.8 Å². The van der Waals surface area contributed by atoms with Crippen molar-refractivity contribution in [3.05, 3.63) is 35.4 Å². The fraction of sp³-hybridized carbons (Fsp3) is 0.500. The molecule has 0 fully saturated rings. The highest BCUT2D eigenvalue weighted by Gasteiger charge is 2.24. The maximum Gasteiger partial charge on any atom is 0.328 e. The van der Waals surface area contributed by atoms with Crippen LogP contribution in [0.4, 0.5) is 8.78 Å². The Morgan fingerprint density at radius 1 is 1.19 bits per heavy atom. The van der Waals surface area contributed by atoms with Crippen molar-refractivity contribution >= 4 is 17.8 Å². The molecule has 1 N–H and O–H groups in total. The number of ether oxygens (including phenoxy) is 2. The number of carbonyl (C=O) groups is 3. The number of hydrogen-bond acceptors (Lipinski definition) is 5. The second-order valence-corrected chi connectivity index (χ2v) is 6.68. The molecule has 0 aliphatic carbocycles. The molecule has 1 atom stereocenters. The molecule has 1 rings (SSSR count). The predicted octanol–water partition coefficient (Wildman–Crippen LogP) is 2.29. The average molecular weight is 371 g/mol. The Morgan fingerprint density at radius 2 is 1.85 bits per heavy atom. The monoisotopic (exact) mass is 371 g/mol. The van der Waals surface area contributed by atoms with Crippen molar-refractivity contribution in [2.75, 3.05) is 7.11 Å². The molecule has 26 heavy (non-hydrogen) atoms. The summed E-state index contributed by atoms with van der Waals surface area (Å²) in [5.41, 5.74) is -0.680. The van der Waals surface area contributed by atoms with Crippen molar-refractivity contribution in [2.45, 2.75) is 51.7 Å². The van der Waals surface area contributed by atoms with Crippen LogP contribution in [0.2, 0.25) is 0 Å². The number of hydrogen-bond donors (Lipinski definition) is 1. The zero-order valence-electron chi connectivity index (χ0n) is 15.2. The number of halogens is 2. The highest BCUT2D eigenvalue weighted by molar-refractivity contribution is 5.86. The van der Waals surface area contributed by atoms with Crippen LogP contribution >= 0.6 is 0 Å². The Kier molecular flexibility index (Phi) is 7.67. The molecule has 0 aliphatic heterocycles. The van der Waals surface area contributed by atoms with Crippen LogP contribution in [0.3, 0.4) is 0 Å². The SMILES string of the molecule is COC(=O)[C@@H](CCC(=O)OC(C)(C)C)NC(=O)Cc1ccc(F)cc1F. The van der Waals surface area contributed by atoms with E-state index >= 15 is 0 Å². The molecular formula is C18H23F2NO5. The van der Waals surface area contributed by atoms with Crippen LogP contribution < -0.4 is 5.32 Å². The Morgan fingerprint density at radius 3 is 2.38 bits per heavy atom. The summed E-state index contributed by atoms with van der Waals surface area (Å²) in [6.45, 7) is 5.13. The Labute approximate surface area is 150 Å². The summed E-state index contributed by atoms with van der Waals surface area (Å²) in [5, 5.41) is 2.39. The van der Waals surface area contributed by atoms with Crippen molar-refractivity contribution in [3.63, 3.8) is 0 Å². The molecule has 1 amide bonds. The first-order chi connectivity index (χ1) is 12.0. The van der Waals surface area contributed by atoms with Crippen molar-refractivity contribution < 1.29 is 32.6 Å². The first kappa shape index (κ1) is 21.5. The Balaban J connectivity index is 2.67. The third kappa shape index (κ3) is 7.58. The van der Waals surface area contributed by atoms with E-state index in [2.05, 4.69) is 10.1 Å². The molecule has 1 aromatic rings. The van der Waals surface area contributed by atoms with Gasteiger partial charge in [0.1, 0.15) is 23.3 Å². The zero-order chi connectivity index (χ0) is 19.9. The van der Waals surface area contributed by atoms with Crippen LogP contribution in [-0.2, 0) is 30.3 Å². The highest BCUT2D eigenvalue weighted by Crippen LogP contribution is 2.12. The Hall–Kier alpha value is -2.51. The van der Waals surface area contributed by atoms with Crippen LogP contribution in [0.15, 0.2) is 18.2 Å². The molecule has 8 heteroatoms. The molecule has 1 aromatic carbocycles. The van der Waals surface area contributed by atoms with Gasteiger partial charge in [-0.05, 0) is 38.8 Å². The van der Waals surface area contributed by atoms with E-state index < -0.39 is 41.1 Å². The van der Waals surface area contributed by atoms with Crippen molar-refractivity contribution in [3.8, 4) is 0 Å². The topological polar surface area (TPSA) is 81.7 Å². The van der Waals surface area contributed by atoms with Crippen molar-refractivity contribution in [1.82, 2.24) is 5.32 Å². The molecule has 0 saturated carbocycles. The lowest BCUT2D eigenvalue weighted by Gasteiger charge is -2.21. The molecular weight excluding hydrogens is 348 g/mol. The summed E-state index contributed by atoms with van der Waals surface area (Å²) in [7, 11) is 1.15. The van der Waals surface area contributed by atoms with Crippen molar-refractivity contribution in [1.29, 1.82) is 0 Å². The summed E-state index contributed by atoms with van der Waals surface area (Å²) >= 11 is 0. The van der Waals surface area contributed by atoms with Crippen LogP contribution in [0.5, 0.6) is 0 Å². The van der Waals surface area contributed by atoms with Gasteiger partial charge in [0.25, 0.3) is 0 Å². The second-order valence-electron chi connectivity index (χ2n) is 6.68. The summed E-state index contributed by atoms with van der Waals surface area (Å²) in [4.78, 5) is 35.6. The quantitative estimate of drug-likeness (QED) is 0.744. The summed E-state index contributed by atoms with van der Waals surface area (Å²) in [6, 6.07) is 1.77. The summed E-state index contributed by atoms with van der Waals surface area (Å²) < 4.78 is 36.3. The molecule has 0 heterocycles. The number of esters is 2.